The van der Waals surface area contributed by atoms with Gasteiger partial charge in [-0.1, -0.05) is 0 Å². The first-order valence-electron chi connectivity index (χ1n) is 9.67. The van der Waals surface area contributed by atoms with Crippen molar-refractivity contribution in [1.82, 2.24) is 24.8 Å². The highest BCUT2D eigenvalue weighted by atomic mass is 32.2. The van der Waals surface area contributed by atoms with Gasteiger partial charge < -0.3 is 29.8 Å². The number of hydrogen-bond donors (Lipinski definition) is 4. The van der Waals surface area contributed by atoms with Gasteiger partial charge in [-0.05, 0) is 24.9 Å². The molecule has 11 nitrogen and oxygen atoms in total. The van der Waals surface area contributed by atoms with E-state index in [1.165, 1.54) is 17.2 Å². The molecule has 0 aliphatic carbocycles. The van der Waals surface area contributed by atoms with Gasteiger partial charge >= 0.3 is 12.1 Å². The molecule has 0 bridgehead atoms. The minimum absolute atomic E-state index is 0.0910. The number of amides is 1. The van der Waals surface area contributed by atoms with Crippen molar-refractivity contribution in [3.8, 4) is 0 Å². The van der Waals surface area contributed by atoms with Crippen LogP contribution in [0.3, 0.4) is 0 Å². The molecule has 1 saturated heterocycles. The Hall–Kier alpha value is -2.20. The molecule has 2 unspecified atom stereocenters. The molecule has 0 radical (unpaired) electrons. The Kier molecular flexibility index (Phi) is 8.10. The van der Waals surface area contributed by atoms with Crippen LogP contribution >= 0.6 is 12.0 Å². The van der Waals surface area contributed by atoms with Crippen LogP contribution in [-0.4, -0.2) is 86.1 Å². The van der Waals surface area contributed by atoms with Crippen LogP contribution in [0.15, 0.2) is 12.7 Å². The number of hydrogen-bond acceptors (Lipinski definition) is 10. The lowest BCUT2D eigenvalue weighted by atomic mass is 10.1. The monoisotopic (exact) mass is 480 g/mol. The van der Waals surface area contributed by atoms with Crippen LogP contribution in [0, 0.1) is 0 Å². The zero-order valence-corrected chi connectivity index (χ0v) is 17.8. The minimum Gasteiger partial charge on any atom is -0.387 e. The molecule has 1 aliphatic rings. The van der Waals surface area contributed by atoms with Gasteiger partial charge in [-0.25, -0.2) is 15.0 Å². The number of carbonyl (C=O) groups is 1. The number of ether oxygens (including phenoxy) is 1. The molecule has 0 spiro atoms. The number of aliphatic hydroxyl groups excluding tert-OH is 2. The van der Waals surface area contributed by atoms with Gasteiger partial charge in [0.15, 0.2) is 23.2 Å². The van der Waals surface area contributed by atoms with E-state index in [0.717, 1.165) is 12.0 Å². The average molecular weight is 480 g/mol. The SMILES string of the molecule is CSOC[C@H]1O[C@@H](n2cnc3c(NCCCCNC(=O)C(F)(F)F)ncnc32)C(O)C1O. The van der Waals surface area contributed by atoms with Gasteiger partial charge in [0.2, 0.25) is 0 Å². The average Bonchev–Trinajstić information content (AvgIpc) is 3.30. The predicted octanol–water partition coefficient (Wildman–Crippen LogP) is 0.611. The molecule has 1 aliphatic heterocycles. The highest BCUT2D eigenvalue weighted by Crippen LogP contribution is 2.32. The molecule has 0 saturated carbocycles. The van der Waals surface area contributed by atoms with E-state index in [9.17, 15) is 28.2 Å². The smallest absolute Gasteiger partial charge is 0.387 e. The van der Waals surface area contributed by atoms with Crippen molar-refractivity contribution >= 4 is 34.9 Å². The van der Waals surface area contributed by atoms with Crippen LogP contribution in [0.25, 0.3) is 11.2 Å². The first-order chi connectivity index (χ1) is 15.2. The predicted molar refractivity (Wildman–Crippen MR) is 108 cm³/mol. The van der Waals surface area contributed by atoms with Crippen LogP contribution in [0.5, 0.6) is 0 Å². The fraction of sp³-hybridized carbons (Fsp3) is 0.647. The van der Waals surface area contributed by atoms with Gasteiger partial charge in [-0.15, -0.1) is 0 Å². The number of nitrogens with one attached hydrogen (secondary N) is 2. The maximum absolute atomic E-state index is 12.1. The Morgan fingerprint density at radius 1 is 1.25 bits per heavy atom. The van der Waals surface area contributed by atoms with Gasteiger partial charge in [-0.2, -0.15) is 13.2 Å². The van der Waals surface area contributed by atoms with Gasteiger partial charge in [-0.3, -0.25) is 9.36 Å². The number of unbranched alkanes of at least 4 members (excludes halogenated alkanes) is 1. The summed E-state index contributed by atoms with van der Waals surface area (Å²) in [4.78, 5) is 23.3. The lowest BCUT2D eigenvalue weighted by Crippen LogP contribution is -2.37. The van der Waals surface area contributed by atoms with E-state index in [-0.39, 0.29) is 13.2 Å². The molecular weight excluding hydrogens is 457 g/mol. The highest BCUT2D eigenvalue weighted by molar-refractivity contribution is 7.93. The Bertz CT molecular complexity index is 916. The van der Waals surface area contributed by atoms with Gasteiger partial charge in [0, 0.05) is 19.3 Å². The highest BCUT2D eigenvalue weighted by Gasteiger charge is 2.44. The van der Waals surface area contributed by atoms with Crippen molar-refractivity contribution in [2.45, 2.75) is 43.6 Å². The topological polar surface area (TPSA) is 144 Å². The van der Waals surface area contributed by atoms with Gasteiger partial charge in [0.25, 0.3) is 0 Å². The third-order valence-corrected chi connectivity index (χ3v) is 5.13. The molecule has 4 N–H and O–H groups in total. The zero-order valence-electron chi connectivity index (χ0n) is 16.9. The fourth-order valence-corrected chi connectivity index (χ4v) is 3.43. The number of fused-ring (bicyclic) bond motifs is 1. The molecule has 1 amide bonds. The Morgan fingerprint density at radius 3 is 2.72 bits per heavy atom. The molecule has 1 fully saturated rings. The summed E-state index contributed by atoms with van der Waals surface area (Å²) in [7, 11) is 0. The Labute approximate surface area is 184 Å². The summed E-state index contributed by atoms with van der Waals surface area (Å²) >= 11 is 1.12. The number of halogens is 3. The van der Waals surface area contributed by atoms with Gasteiger partial charge in [0.05, 0.1) is 12.9 Å². The van der Waals surface area contributed by atoms with Crippen molar-refractivity contribution in [2.24, 2.45) is 0 Å². The number of aromatic nitrogens is 4. The van der Waals surface area contributed by atoms with Crippen LogP contribution in [0.1, 0.15) is 19.1 Å². The zero-order chi connectivity index (χ0) is 23.3. The molecular formula is C17H23F3N6O5S. The van der Waals surface area contributed by atoms with E-state index in [1.807, 2.05) is 5.32 Å². The molecule has 2 aromatic heterocycles. The van der Waals surface area contributed by atoms with Crippen LogP contribution in [0.2, 0.25) is 0 Å². The van der Waals surface area contributed by atoms with Crippen molar-refractivity contribution in [2.75, 3.05) is 31.3 Å². The largest absolute Gasteiger partial charge is 0.471 e. The third kappa shape index (κ3) is 5.58. The molecule has 32 heavy (non-hydrogen) atoms. The number of anilines is 1. The number of imidazole rings is 1. The van der Waals surface area contributed by atoms with E-state index in [0.29, 0.717) is 36.4 Å². The molecule has 178 valence electrons. The second-order valence-corrected chi connectivity index (χ2v) is 7.50. The van der Waals surface area contributed by atoms with Crippen LogP contribution < -0.4 is 10.6 Å². The number of rotatable bonds is 10. The first kappa shape index (κ1) is 24.4. The molecule has 15 heteroatoms. The van der Waals surface area contributed by atoms with E-state index in [1.54, 1.807) is 6.26 Å². The second-order valence-electron chi connectivity index (χ2n) is 6.93. The summed E-state index contributed by atoms with van der Waals surface area (Å²) in [5.41, 5.74) is 0.759. The van der Waals surface area contributed by atoms with Crippen LogP contribution in [-0.2, 0) is 13.7 Å². The summed E-state index contributed by atoms with van der Waals surface area (Å²) in [6, 6.07) is 0. The maximum atomic E-state index is 12.1. The van der Waals surface area contributed by atoms with Gasteiger partial charge in [0.1, 0.15) is 24.6 Å². The quantitative estimate of drug-likeness (QED) is 0.282. The van der Waals surface area contributed by atoms with Crippen molar-refractivity contribution < 1.29 is 37.1 Å². The van der Waals surface area contributed by atoms with Crippen molar-refractivity contribution in [3.63, 3.8) is 0 Å². The van der Waals surface area contributed by atoms with E-state index in [4.69, 9.17) is 8.92 Å². The molecule has 2 aromatic rings. The minimum atomic E-state index is -4.89. The summed E-state index contributed by atoms with van der Waals surface area (Å²) < 4.78 is 48.8. The summed E-state index contributed by atoms with van der Waals surface area (Å²) in [6.45, 7) is 0.360. The Morgan fingerprint density at radius 2 is 2.00 bits per heavy atom. The van der Waals surface area contributed by atoms with E-state index in [2.05, 4.69) is 20.3 Å². The molecule has 4 atom stereocenters. The second kappa shape index (κ2) is 10.6. The third-order valence-electron chi connectivity index (χ3n) is 4.76. The van der Waals surface area contributed by atoms with E-state index < -0.39 is 36.6 Å². The number of aliphatic hydroxyl groups is 2. The standard InChI is InChI=1S/C17H23F3N6O5S/c1-32-30-6-9-11(27)12(28)15(31-9)26-8-25-10-13(23-7-24-14(10)26)21-4-2-3-5-22-16(29)17(18,19)20/h7-9,11-12,15,27-28H,2-6H2,1H3,(H,22,29)(H,21,23,24)/t9-,11?,12?,15-/m1/s1. The number of nitrogens with zero attached hydrogens (tertiary/aromatic N) is 4. The lowest BCUT2D eigenvalue weighted by molar-refractivity contribution is -0.173. The maximum Gasteiger partial charge on any atom is 0.471 e. The fourth-order valence-electron chi connectivity index (χ4n) is 3.16. The number of carbonyl (C=O) groups excluding carboxylic acids is 1. The van der Waals surface area contributed by atoms with E-state index >= 15 is 0 Å². The molecule has 0 aromatic carbocycles. The summed E-state index contributed by atoms with van der Waals surface area (Å²) in [6.07, 6.45) is -3.69. The van der Waals surface area contributed by atoms with Crippen molar-refractivity contribution in [3.05, 3.63) is 12.7 Å². The summed E-state index contributed by atoms with van der Waals surface area (Å²) in [5.74, 6) is -1.57. The lowest BCUT2D eigenvalue weighted by Gasteiger charge is -2.16. The van der Waals surface area contributed by atoms with Crippen molar-refractivity contribution in [1.29, 1.82) is 0 Å². The Balaban J connectivity index is 1.58. The number of alkyl halides is 3. The van der Waals surface area contributed by atoms with Crippen LogP contribution in [0.4, 0.5) is 19.0 Å². The molecule has 3 rings (SSSR count). The molecule has 3 heterocycles. The normalized spacial score (nSPS) is 23.6. The first-order valence-corrected chi connectivity index (χ1v) is 10.8. The summed E-state index contributed by atoms with van der Waals surface area (Å²) in [5, 5.41) is 25.4.